The van der Waals surface area contributed by atoms with E-state index < -0.39 is 0 Å². The Bertz CT molecular complexity index is 604. The van der Waals surface area contributed by atoms with E-state index in [0.29, 0.717) is 42.2 Å². The normalized spacial score (nSPS) is 27.8. The maximum atomic E-state index is 12.6. The van der Waals surface area contributed by atoms with Crippen LogP contribution in [0, 0.1) is 11.8 Å². The van der Waals surface area contributed by atoms with Gasteiger partial charge in [-0.2, -0.15) is 0 Å². The summed E-state index contributed by atoms with van der Waals surface area (Å²) >= 11 is 0. The largest absolute Gasteiger partial charge is 0.493 e. The molecule has 5 heteroatoms. The number of benzene rings is 1. The SMILES string of the molecule is COc1ccc(CCC(=O)N(C)C2C[C@H]3CC(O)C[C@H]3C2)cc1OC. The molecule has 1 aromatic rings. The summed E-state index contributed by atoms with van der Waals surface area (Å²) in [6.07, 6.45) is 4.98. The standard InChI is InChI=1S/C20H29NO4/c1-21(16-9-14-11-17(22)12-15(14)10-16)20(23)7-5-13-4-6-18(24-2)19(8-13)25-3/h4,6,8,14-17,22H,5,7,9-12H2,1-3H3/t14-,15+,16?,17?. The summed E-state index contributed by atoms with van der Waals surface area (Å²) in [5.41, 5.74) is 1.07. The van der Waals surface area contributed by atoms with Crippen LogP contribution in [0.2, 0.25) is 0 Å². The summed E-state index contributed by atoms with van der Waals surface area (Å²) in [5.74, 6) is 2.79. The third-order valence-corrected chi connectivity index (χ3v) is 5.98. The molecule has 4 atom stereocenters. The Kier molecular flexibility index (Phi) is 5.52. The molecule has 1 N–H and O–H groups in total. The second-order valence-electron chi connectivity index (χ2n) is 7.46. The number of ether oxygens (including phenoxy) is 2. The first kappa shape index (κ1) is 18.1. The van der Waals surface area contributed by atoms with Crippen molar-refractivity contribution in [3.63, 3.8) is 0 Å². The molecule has 2 aliphatic carbocycles. The Hall–Kier alpha value is -1.75. The van der Waals surface area contributed by atoms with E-state index in [0.717, 1.165) is 31.2 Å². The predicted octanol–water partition coefficient (Wildman–Crippen LogP) is 2.64. The summed E-state index contributed by atoms with van der Waals surface area (Å²) in [4.78, 5) is 14.5. The number of aryl methyl sites for hydroxylation is 1. The first-order chi connectivity index (χ1) is 12.0. The molecule has 0 radical (unpaired) electrons. The maximum Gasteiger partial charge on any atom is 0.222 e. The minimum atomic E-state index is -0.123. The van der Waals surface area contributed by atoms with Crippen molar-refractivity contribution in [3.8, 4) is 11.5 Å². The van der Waals surface area contributed by atoms with Crippen LogP contribution in [-0.2, 0) is 11.2 Å². The lowest BCUT2D eigenvalue weighted by molar-refractivity contribution is -0.131. The molecule has 0 aromatic heterocycles. The number of hydrogen-bond donors (Lipinski definition) is 1. The Labute approximate surface area is 149 Å². The molecule has 2 saturated carbocycles. The van der Waals surface area contributed by atoms with Crippen LogP contribution in [0.3, 0.4) is 0 Å². The highest BCUT2D eigenvalue weighted by atomic mass is 16.5. The van der Waals surface area contributed by atoms with Crippen LogP contribution < -0.4 is 9.47 Å². The number of nitrogens with zero attached hydrogens (tertiary/aromatic N) is 1. The van der Waals surface area contributed by atoms with E-state index in [1.165, 1.54) is 0 Å². The molecule has 0 bridgehead atoms. The number of carbonyl (C=O) groups excluding carboxylic acids is 1. The van der Waals surface area contributed by atoms with E-state index in [2.05, 4.69) is 0 Å². The quantitative estimate of drug-likeness (QED) is 0.859. The minimum Gasteiger partial charge on any atom is -0.493 e. The van der Waals surface area contributed by atoms with E-state index in [-0.39, 0.29) is 12.0 Å². The number of amides is 1. The van der Waals surface area contributed by atoms with Crippen molar-refractivity contribution in [3.05, 3.63) is 23.8 Å². The van der Waals surface area contributed by atoms with Crippen molar-refractivity contribution in [1.82, 2.24) is 4.90 Å². The fourth-order valence-corrected chi connectivity index (χ4v) is 4.54. The van der Waals surface area contributed by atoms with Gasteiger partial charge in [-0.3, -0.25) is 4.79 Å². The van der Waals surface area contributed by atoms with Crippen LogP contribution in [0.5, 0.6) is 11.5 Å². The Morgan fingerprint density at radius 1 is 1.12 bits per heavy atom. The molecule has 1 aromatic carbocycles. The topological polar surface area (TPSA) is 59.0 Å². The zero-order valence-corrected chi connectivity index (χ0v) is 15.4. The number of fused-ring (bicyclic) bond motifs is 1. The molecule has 3 rings (SSSR count). The molecule has 138 valence electrons. The van der Waals surface area contributed by atoms with Crippen LogP contribution in [0.4, 0.5) is 0 Å². The van der Waals surface area contributed by atoms with Crippen LogP contribution in [-0.4, -0.2) is 49.3 Å². The molecule has 0 heterocycles. The number of hydrogen-bond acceptors (Lipinski definition) is 4. The van der Waals surface area contributed by atoms with Gasteiger partial charge in [0.2, 0.25) is 5.91 Å². The molecular formula is C20H29NO4. The van der Waals surface area contributed by atoms with Crippen LogP contribution in [0.15, 0.2) is 18.2 Å². The smallest absolute Gasteiger partial charge is 0.222 e. The first-order valence-corrected chi connectivity index (χ1v) is 9.16. The van der Waals surface area contributed by atoms with Gasteiger partial charge in [0.05, 0.1) is 20.3 Å². The lowest BCUT2D eigenvalue weighted by Gasteiger charge is -2.25. The molecule has 0 saturated heterocycles. The Morgan fingerprint density at radius 3 is 2.36 bits per heavy atom. The minimum absolute atomic E-state index is 0.123. The van der Waals surface area contributed by atoms with Gasteiger partial charge in [-0.05, 0) is 61.6 Å². The molecule has 5 nitrogen and oxygen atoms in total. The van der Waals surface area contributed by atoms with Crippen molar-refractivity contribution in [2.75, 3.05) is 21.3 Å². The highest BCUT2D eigenvalue weighted by molar-refractivity contribution is 5.76. The number of aliphatic hydroxyl groups excluding tert-OH is 1. The molecule has 2 fully saturated rings. The molecular weight excluding hydrogens is 318 g/mol. The molecule has 2 unspecified atom stereocenters. The fourth-order valence-electron chi connectivity index (χ4n) is 4.54. The van der Waals surface area contributed by atoms with Crippen LogP contribution >= 0.6 is 0 Å². The number of aliphatic hydroxyl groups is 1. The van der Waals surface area contributed by atoms with Gasteiger partial charge in [0.25, 0.3) is 0 Å². The summed E-state index contributed by atoms with van der Waals surface area (Å²) in [7, 11) is 5.17. The van der Waals surface area contributed by atoms with Crippen LogP contribution in [0.25, 0.3) is 0 Å². The van der Waals surface area contributed by atoms with E-state index in [1.54, 1.807) is 14.2 Å². The average molecular weight is 347 g/mol. The van der Waals surface area contributed by atoms with E-state index in [1.807, 2.05) is 30.1 Å². The van der Waals surface area contributed by atoms with Gasteiger partial charge in [0, 0.05) is 19.5 Å². The highest BCUT2D eigenvalue weighted by Crippen LogP contribution is 2.45. The van der Waals surface area contributed by atoms with Gasteiger partial charge < -0.3 is 19.5 Å². The van der Waals surface area contributed by atoms with Crippen molar-refractivity contribution in [1.29, 1.82) is 0 Å². The molecule has 0 aliphatic heterocycles. The van der Waals surface area contributed by atoms with E-state index in [9.17, 15) is 9.90 Å². The monoisotopic (exact) mass is 347 g/mol. The van der Waals surface area contributed by atoms with Gasteiger partial charge in [0.1, 0.15) is 0 Å². The summed E-state index contributed by atoms with van der Waals surface area (Å²) < 4.78 is 10.6. The van der Waals surface area contributed by atoms with E-state index >= 15 is 0 Å². The Balaban J connectivity index is 1.52. The third kappa shape index (κ3) is 3.92. The van der Waals surface area contributed by atoms with E-state index in [4.69, 9.17) is 9.47 Å². The molecule has 2 aliphatic rings. The molecule has 0 spiro atoms. The zero-order chi connectivity index (χ0) is 18.0. The van der Waals surface area contributed by atoms with Crippen LogP contribution in [0.1, 0.15) is 37.7 Å². The van der Waals surface area contributed by atoms with Gasteiger partial charge in [-0.1, -0.05) is 6.07 Å². The number of rotatable bonds is 6. The summed E-state index contributed by atoms with van der Waals surface area (Å²) in [6, 6.07) is 6.13. The Morgan fingerprint density at radius 2 is 1.76 bits per heavy atom. The van der Waals surface area contributed by atoms with Crippen molar-refractivity contribution in [2.45, 2.75) is 50.7 Å². The summed E-state index contributed by atoms with van der Waals surface area (Å²) in [6.45, 7) is 0. The highest BCUT2D eigenvalue weighted by Gasteiger charge is 2.42. The second-order valence-corrected chi connectivity index (χ2v) is 7.46. The summed E-state index contributed by atoms with van der Waals surface area (Å²) in [5, 5.41) is 9.76. The van der Waals surface area contributed by atoms with Crippen molar-refractivity contribution >= 4 is 5.91 Å². The third-order valence-electron chi connectivity index (χ3n) is 5.98. The lowest BCUT2D eigenvalue weighted by atomic mass is 10.0. The maximum absolute atomic E-state index is 12.6. The van der Waals surface area contributed by atoms with Gasteiger partial charge in [-0.15, -0.1) is 0 Å². The van der Waals surface area contributed by atoms with Crippen molar-refractivity contribution < 1.29 is 19.4 Å². The van der Waals surface area contributed by atoms with Gasteiger partial charge in [-0.25, -0.2) is 0 Å². The molecule has 1 amide bonds. The van der Waals surface area contributed by atoms with Crippen molar-refractivity contribution in [2.24, 2.45) is 11.8 Å². The fraction of sp³-hybridized carbons (Fsp3) is 0.650. The second kappa shape index (κ2) is 7.65. The average Bonchev–Trinajstić information content (AvgIpc) is 3.15. The number of methoxy groups -OCH3 is 2. The number of carbonyl (C=O) groups is 1. The zero-order valence-electron chi connectivity index (χ0n) is 15.4. The van der Waals surface area contributed by atoms with Gasteiger partial charge >= 0.3 is 0 Å². The predicted molar refractivity (Wildman–Crippen MR) is 95.9 cm³/mol. The lowest BCUT2D eigenvalue weighted by Crippen LogP contribution is -2.36. The molecule has 25 heavy (non-hydrogen) atoms. The first-order valence-electron chi connectivity index (χ1n) is 9.16. The van der Waals surface area contributed by atoms with Gasteiger partial charge in [0.15, 0.2) is 11.5 Å².